The molecular formula is C29H34ClNO2. The van der Waals surface area contributed by atoms with Gasteiger partial charge in [0, 0.05) is 18.0 Å². The highest BCUT2D eigenvalue weighted by atomic mass is 35.5. The van der Waals surface area contributed by atoms with Gasteiger partial charge in [0.2, 0.25) is 0 Å². The summed E-state index contributed by atoms with van der Waals surface area (Å²) in [6, 6.07) is 22.1. The van der Waals surface area contributed by atoms with Gasteiger partial charge in [-0.1, -0.05) is 73.5 Å². The van der Waals surface area contributed by atoms with Crippen molar-refractivity contribution in [1.82, 2.24) is 4.90 Å². The number of ether oxygens (including phenoxy) is 1. The van der Waals surface area contributed by atoms with Gasteiger partial charge in [-0.25, -0.2) is 0 Å². The number of rotatable bonds is 8. The quantitative estimate of drug-likeness (QED) is 0.434. The van der Waals surface area contributed by atoms with Gasteiger partial charge < -0.3 is 14.7 Å². The van der Waals surface area contributed by atoms with E-state index in [-0.39, 0.29) is 6.10 Å². The van der Waals surface area contributed by atoms with E-state index in [4.69, 9.17) is 16.3 Å². The van der Waals surface area contributed by atoms with Crippen LogP contribution in [0.2, 0.25) is 5.02 Å². The lowest BCUT2D eigenvalue weighted by Crippen LogP contribution is -2.37. The summed E-state index contributed by atoms with van der Waals surface area (Å²) in [5, 5.41) is 12.8. The summed E-state index contributed by atoms with van der Waals surface area (Å²) in [5.74, 6) is 0.944. The molecule has 2 unspecified atom stereocenters. The lowest BCUT2D eigenvalue weighted by Gasteiger charge is -2.33. The minimum atomic E-state index is -1.14. The Morgan fingerprint density at radius 2 is 1.64 bits per heavy atom. The largest absolute Gasteiger partial charge is 0.489 e. The second kappa shape index (κ2) is 10.3. The molecule has 0 bridgehead atoms. The van der Waals surface area contributed by atoms with Crippen LogP contribution in [0.4, 0.5) is 0 Å². The minimum absolute atomic E-state index is 0.216. The minimum Gasteiger partial charge on any atom is -0.489 e. The number of likely N-dealkylation sites (N-methyl/N-ethyl adjacent to an activating group) is 1. The number of nitrogens with zero attached hydrogens (tertiary/aromatic N) is 1. The van der Waals surface area contributed by atoms with Crippen LogP contribution in [0.3, 0.4) is 0 Å². The molecule has 0 aliphatic carbocycles. The number of halogens is 1. The highest BCUT2D eigenvalue weighted by molar-refractivity contribution is 6.30. The van der Waals surface area contributed by atoms with E-state index in [1.807, 2.05) is 48.5 Å². The Morgan fingerprint density at radius 1 is 0.970 bits per heavy atom. The third kappa shape index (κ3) is 5.43. The fourth-order valence-electron chi connectivity index (χ4n) is 4.70. The van der Waals surface area contributed by atoms with Gasteiger partial charge in [0.25, 0.3) is 0 Å². The maximum absolute atomic E-state index is 12.1. The van der Waals surface area contributed by atoms with E-state index in [1.54, 1.807) is 0 Å². The van der Waals surface area contributed by atoms with E-state index in [0.29, 0.717) is 11.4 Å². The van der Waals surface area contributed by atoms with Gasteiger partial charge in [-0.15, -0.1) is 0 Å². The van der Waals surface area contributed by atoms with E-state index in [0.717, 1.165) is 54.9 Å². The maximum Gasteiger partial charge on any atom is 0.123 e. The molecule has 0 saturated carbocycles. The van der Waals surface area contributed by atoms with Crippen LogP contribution in [-0.2, 0) is 18.4 Å². The van der Waals surface area contributed by atoms with E-state index >= 15 is 0 Å². The first-order chi connectivity index (χ1) is 15.9. The van der Waals surface area contributed by atoms with Crippen molar-refractivity contribution >= 4 is 11.6 Å². The van der Waals surface area contributed by atoms with Crippen LogP contribution < -0.4 is 4.74 Å². The molecule has 0 fully saturated rings. The van der Waals surface area contributed by atoms with Crippen LogP contribution >= 0.6 is 11.6 Å². The van der Waals surface area contributed by atoms with Gasteiger partial charge >= 0.3 is 0 Å². The van der Waals surface area contributed by atoms with E-state index in [9.17, 15) is 5.11 Å². The molecule has 3 nitrogen and oxygen atoms in total. The molecule has 0 spiro atoms. The Kier molecular flexibility index (Phi) is 7.43. The van der Waals surface area contributed by atoms with Gasteiger partial charge in [-0.3, -0.25) is 0 Å². The molecule has 1 aliphatic heterocycles. The average Bonchev–Trinajstić information content (AvgIpc) is 2.84. The number of aliphatic hydroxyl groups is 1. The molecule has 2 atom stereocenters. The number of fused-ring (bicyclic) bond motifs is 1. The van der Waals surface area contributed by atoms with Crippen molar-refractivity contribution in [2.24, 2.45) is 0 Å². The Balaban J connectivity index is 1.65. The van der Waals surface area contributed by atoms with Crippen molar-refractivity contribution in [2.75, 3.05) is 19.6 Å². The zero-order valence-electron chi connectivity index (χ0n) is 19.9. The van der Waals surface area contributed by atoms with Crippen LogP contribution in [-0.4, -0.2) is 35.7 Å². The van der Waals surface area contributed by atoms with Crippen molar-refractivity contribution in [3.8, 4) is 5.75 Å². The second-order valence-corrected chi connectivity index (χ2v) is 9.55. The SMILES string of the molecule is CCN(CC)CC1CCc2cc(C(O)(Cc3ccc(Cl)cc3)c3ccc(C)cc3)ccc2O1. The molecule has 1 N–H and O–H groups in total. The van der Waals surface area contributed by atoms with Crippen LogP contribution in [0.15, 0.2) is 66.7 Å². The smallest absolute Gasteiger partial charge is 0.123 e. The lowest BCUT2D eigenvalue weighted by molar-refractivity contribution is 0.0804. The van der Waals surface area contributed by atoms with Crippen molar-refractivity contribution in [1.29, 1.82) is 0 Å². The summed E-state index contributed by atoms with van der Waals surface area (Å²) in [6.45, 7) is 9.48. The van der Waals surface area contributed by atoms with E-state index in [2.05, 4.69) is 43.9 Å². The zero-order chi connectivity index (χ0) is 23.4. The van der Waals surface area contributed by atoms with Gasteiger partial charge in [0.1, 0.15) is 17.5 Å². The highest BCUT2D eigenvalue weighted by Crippen LogP contribution is 2.38. The van der Waals surface area contributed by atoms with E-state index < -0.39 is 5.60 Å². The molecule has 33 heavy (non-hydrogen) atoms. The summed E-state index contributed by atoms with van der Waals surface area (Å²) >= 11 is 6.10. The molecule has 4 heteroatoms. The fraction of sp³-hybridized carbons (Fsp3) is 0.379. The fourth-order valence-corrected chi connectivity index (χ4v) is 4.82. The molecule has 1 aliphatic rings. The van der Waals surface area contributed by atoms with Crippen LogP contribution in [0.25, 0.3) is 0 Å². The Labute approximate surface area is 203 Å². The molecule has 3 aromatic rings. The predicted molar refractivity (Wildman–Crippen MR) is 136 cm³/mol. The molecule has 0 amide bonds. The van der Waals surface area contributed by atoms with Gasteiger partial charge in [-0.05, 0) is 79.4 Å². The molecule has 0 aromatic heterocycles. The summed E-state index contributed by atoms with van der Waals surface area (Å²) in [7, 11) is 0. The first kappa shape index (κ1) is 23.8. The number of benzene rings is 3. The number of aryl methyl sites for hydroxylation is 2. The maximum atomic E-state index is 12.1. The van der Waals surface area contributed by atoms with E-state index in [1.165, 1.54) is 11.1 Å². The Hall–Kier alpha value is -2.33. The highest BCUT2D eigenvalue weighted by Gasteiger charge is 2.33. The summed E-state index contributed by atoms with van der Waals surface area (Å²) in [4.78, 5) is 2.41. The number of hydrogen-bond donors (Lipinski definition) is 1. The third-order valence-corrected chi connectivity index (χ3v) is 7.08. The molecule has 0 radical (unpaired) electrons. The lowest BCUT2D eigenvalue weighted by atomic mass is 9.80. The van der Waals surface area contributed by atoms with Gasteiger partial charge in [0.15, 0.2) is 0 Å². The van der Waals surface area contributed by atoms with Gasteiger partial charge in [-0.2, -0.15) is 0 Å². The second-order valence-electron chi connectivity index (χ2n) is 9.12. The van der Waals surface area contributed by atoms with Crippen molar-refractivity contribution < 1.29 is 9.84 Å². The topological polar surface area (TPSA) is 32.7 Å². The van der Waals surface area contributed by atoms with Crippen molar-refractivity contribution in [3.05, 3.63) is 99.6 Å². The monoisotopic (exact) mass is 463 g/mol. The molecule has 0 saturated heterocycles. The molecule has 174 valence electrons. The first-order valence-electron chi connectivity index (χ1n) is 12.0. The average molecular weight is 464 g/mol. The van der Waals surface area contributed by atoms with Crippen LogP contribution in [0, 0.1) is 6.92 Å². The molecule has 1 heterocycles. The third-order valence-electron chi connectivity index (χ3n) is 6.83. The molecule has 4 rings (SSSR count). The van der Waals surface area contributed by atoms with Crippen molar-refractivity contribution in [3.63, 3.8) is 0 Å². The Bertz CT molecular complexity index is 1060. The number of hydrogen-bond acceptors (Lipinski definition) is 3. The molecule has 3 aromatic carbocycles. The van der Waals surface area contributed by atoms with Crippen LogP contribution in [0.5, 0.6) is 5.75 Å². The summed E-state index contributed by atoms with van der Waals surface area (Å²) in [5.41, 5.74) is 4.02. The normalized spacial score (nSPS) is 17.3. The first-order valence-corrected chi connectivity index (χ1v) is 12.4. The molecular weight excluding hydrogens is 430 g/mol. The predicted octanol–water partition coefficient (Wildman–Crippen LogP) is 6.16. The standard InChI is InChI=1S/C29H34ClNO2/c1-4-31(5-2)20-27-16-10-23-18-25(13-17-28(23)33-27)29(32,24-11-6-21(3)7-12-24)19-22-8-14-26(30)15-9-22/h6-9,11-15,17-18,27,32H,4-5,10,16,19-20H2,1-3H3. The Morgan fingerprint density at radius 3 is 2.30 bits per heavy atom. The van der Waals surface area contributed by atoms with Crippen molar-refractivity contribution in [2.45, 2.75) is 51.7 Å². The van der Waals surface area contributed by atoms with Crippen LogP contribution in [0.1, 0.15) is 48.1 Å². The summed E-state index contributed by atoms with van der Waals surface area (Å²) in [6.07, 6.45) is 2.64. The van der Waals surface area contributed by atoms with Gasteiger partial charge in [0.05, 0.1) is 0 Å². The summed E-state index contributed by atoms with van der Waals surface area (Å²) < 4.78 is 6.35. The zero-order valence-corrected chi connectivity index (χ0v) is 20.6.